The van der Waals surface area contributed by atoms with Crippen molar-refractivity contribution in [2.75, 3.05) is 88.8 Å². The fourth-order valence-electron chi connectivity index (χ4n) is 14.9. The summed E-state index contributed by atoms with van der Waals surface area (Å²) in [6.07, 6.45) is -2.66. The molecule has 2 aliphatic heterocycles. The van der Waals surface area contributed by atoms with Gasteiger partial charge in [0.05, 0.1) is 50.5 Å². The van der Waals surface area contributed by atoms with Crippen molar-refractivity contribution in [3.8, 4) is 33.9 Å². The number of nitrogens with zero attached hydrogens (tertiary/aromatic N) is 3. The topological polar surface area (TPSA) is 672 Å². The Labute approximate surface area is 790 Å². The van der Waals surface area contributed by atoms with Crippen LogP contribution in [-0.4, -0.2) is 315 Å². The van der Waals surface area contributed by atoms with Crippen molar-refractivity contribution in [1.29, 1.82) is 0 Å². The number of aromatic nitrogens is 1. The van der Waals surface area contributed by atoms with Gasteiger partial charge in [0, 0.05) is 115 Å². The third-order valence-electron chi connectivity index (χ3n) is 21.7. The molecular weight excluding hydrogens is 1830 g/mol. The Morgan fingerprint density at radius 2 is 1.16 bits per heavy atom. The Balaban J connectivity index is 1.06. The fraction of sp³-hybridized carbons (Fsp3) is 0.389. The van der Waals surface area contributed by atoms with Gasteiger partial charge < -0.3 is 125 Å². The van der Waals surface area contributed by atoms with Crippen LogP contribution >= 0.6 is 33.8 Å². The maximum absolute atomic E-state index is 15.7. The average molecular weight is 1940 g/mol. The van der Waals surface area contributed by atoms with Gasteiger partial charge in [-0.1, -0.05) is 88.3 Å². The number of hydrogen-bond acceptors (Lipinski definition) is 28. The summed E-state index contributed by atoms with van der Waals surface area (Å²) in [5, 5.41) is 132. The number of amides is 9. The number of aromatic hydroxyl groups is 2. The highest BCUT2D eigenvalue weighted by molar-refractivity contribution is 8.76. The summed E-state index contributed by atoms with van der Waals surface area (Å²) in [4.78, 5) is 227. The smallest absolute Gasteiger partial charge is 0.336 e. The molecular formula is C90H108N16O27S3. The zero-order valence-corrected chi connectivity index (χ0v) is 76.2. The van der Waals surface area contributed by atoms with E-state index < -0.39 is 205 Å². The van der Waals surface area contributed by atoms with Gasteiger partial charge in [-0.25, -0.2) is 9.59 Å². The SMILES string of the molecule is C[C@@H](O)[C@H](NC(=O)[C@@H]1CSSC[C@H](NC(=O)[C@@H](Cc2ccccc2)NC(=O)[C@H](CCCCNC(=O)CN(CCN(CCN(CC(=O)O)CC(=O)O)CC(=O)O)CC(=O)O)NC(=S)Nc2ccc(-c3c4ccc(=O)cc-4oc4cc(O)ccc34)c(C(=O)O)c2)C(=O)N[C@@H](Cc2ccc(O)cc2)C(=O)N[C@H](Cc2c[nH]c3ccccc23)C(=O)N[C@@H](CCCCN)C(=O)N[C@@H]([C@@H](C)O)C(=O)N1)C(=O)O. The maximum Gasteiger partial charge on any atom is 0.336 e. The number of carboxylic acids is 6. The molecule has 9 rings (SSSR count). The Kier molecular flexibility index (Phi) is 40.1. The minimum absolute atomic E-state index is 0.0207. The number of phenols is 2. The van der Waals surface area contributed by atoms with E-state index in [1.165, 1.54) is 88.7 Å². The number of carbonyl (C=O) groups is 15. The number of aromatic amines is 1. The van der Waals surface area contributed by atoms with E-state index in [0.717, 1.165) is 40.3 Å². The molecule has 3 aliphatic rings. The number of phenolic OH excluding ortho intramolecular Hbond substituents is 2. The van der Waals surface area contributed by atoms with Gasteiger partial charge in [0.25, 0.3) is 0 Å². The number of thiocarbonyl (C=S) groups is 1. The van der Waals surface area contributed by atoms with E-state index >= 15 is 24.0 Å². The van der Waals surface area contributed by atoms with Crippen molar-refractivity contribution in [2.45, 2.75) is 138 Å². The highest BCUT2D eigenvalue weighted by Gasteiger charge is 2.39. The molecule has 0 saturated carbocycles. The molecule has 5 aromatic carbocycles. The van der Waals surface area contributed by atoms with Crippen molar-refractivity contribution in [3.05, 3.63) is 172 Å². The van der Waals surface area contributed by atoms with E-state index in [-0.39, 0.29) is 135 Å². The molecule has 43 nitrogen and oxygen atoms in total. The fourth-order valence-corrected chi connectivity index (χ4v) is 17.5. The molecule has 728 valence electrons. The van der Waals surface area contributed by atoms with Crippen LogP contribution in [0.15, 0.2) is 149 Å². The highest BCUT2D eigenvalue weighted by atomic mass is 33.1. The van der Waals surface area contributed by atoms with Crippen LogP contribution in [0.25, 0.3) is 44.3 Å². The quantitative estimate of drug-likeness (QED) is 0.0106. The summed E-state index contributed by atoms with van der Waals surface area (Å²) in [6, 6.07) is 17.2. The molecule has 0 radical (unpaired) electrons. The second-order valence-corrected chi connectivity index (χ2v) is 35.2. The molecule has 0 spiro atoms. The van der Waals surface area contributed by atoms with Gasteiger partial charge >= 0.3 is 35.8 Å². The minimum atomic E-state index is -1.98. The number of rotatable bonds is 44. The number of carbonyl (C=O) groups excluding carboxylic acids is 9. The molecule has 0 bridgehead atoms. The van der Waals surface area contributed by atoms with Gasteiger partial charge in [-0.15, -0.1) is 0 Å². The Morgan fingerprint density at radius 3 is 1.81 bits per heavy atom. The lowest BCUT2D eigenvalue weighted by Gasteiger charge is -2.29. The molecule has 1 fully saturated rings. The van der Waals surface area contributed by atoms with Gasteiger partial charge in [0.15, 0.2) is 16.6 Å². The Bertz CT molecular complexity index is 5640. The van der Waals surface area contributed by atoms with E-state index in [0.29, 0.717) is 50.5 Å². The number of unbranched alkanes of at least 4 members (excludes halogenated alkanes) is 2. The highest BCUT2D eigenvalue weighted by Crippen LogP contribution is 2.43. The molecule has 1 saturated heterocycles. The summed E-state index contributed by atoms with van der Waals surface area (Å²) in [5.74, 6) is -19.2. The second-order valence-electron chi connectivity index (χ2n) is 32.3. The summed E-state index contributed by atoms with van der Waals surface area (Å²) >= 11 is 5.88. The zero-order chi connectivity index (χ0) is 99.0. The molecule has 1 aromatic heterocycles. The standard InChI is InChI=1S/C90H108N16O27S3/c1-48(107)78-87(128)100-69(86(127)103-79(49(2)108)89(131)132)47-136-135-46-68(85(126)97-66(35-51-18-21-54(109)22-19-51)82(123)98-67(36-52-40-93-62-15-7-6-14-57(52)62)84(125)95-63(81(122)102-78)16-8-10-28-91)99-83(124)65(34-50-12-4-3-5-13-50)96-80(121)64(17-9-11-29-92-72(112)41-105(43-74(115)116)32-30-104(42-73(113)114)31-33-106(44-75(117)118)45-76(119)120)101-90(134)94-53-20-25-58(61(37-53)88(129)130)77-59-26-23-55(110)38-70(59)133-71-39-56(111)24-27-60(71)77/h3-7,12-15,18-27,37-40,48-49,63-69,78-79,93,107-110H,8-11,16-17,28-36,41-47,91H2,1-2H3,(H,92,112)(H,95,125)(H,96,121)(H,97,126)(H,98,123)(H,99,124)(H,100,128)(H,102,122)(H,103,127)(H,113,114)(H,115,116)(H,117,118)(H,119,120)(H,129,130)(H,131,132)(H2,94,101,134)/t48-,49-,63+,64+,65-,66+,67-,68+,69+,78+,79+/m1/s1. The number of H-pyrrole nitrogens is 1. The van der Waals surface area contributed by atoms with Crippen molar-refractivity contribution < 1.29 is 127 Å². The van der Waals surface area contributed by atoms with E-state index in [2.05, 4.69) is 63.5 Å². The molecule has 3 heterocycles. The van der Waals surface area contributed by atoms with Crippen molar-refractivity contribution in [2.24, 2.45) is 5.73 Å². The van der Waals surface area contributed by atoms with Gasteiger partial charge in [-0.2, -0.15) is 0 Å². The van der Waals surface area contributed by atoms with Crippen molar-refractivity contribution in [1.82, 2.24) is 72.9 Å². The van der Waals surface area contributed by atoms with Crippen LogP contribution in [0.4, 0.5) is 5.69 Å². The predicted octanol–water partition coefficient (Wildman–Crippen LogP) is 0.318. The van der Waals surface area contributed by atoms with Crippen LogP contribution in [-0.2, 0) is 86.4 Å². The first-order valence-electron chi connectivity index (χ1n) is 43.1. The van der Waals surface area contributed by atoms with Gasteiger partial charge in [0.1, 0.15) is 71.2 Å². The maximum atomic E-state index is 15.7. The van der Waals surface area contributed by atoms with Gasteiger partial charge in [-0.05, 0) is 148 Å². The number of para-hydroxylation sites is 1. The number of aliphatic carboxylic acids is 5. The molecule has 0 unspecified atom stereocenters. The van der Waals surface area contributed by atoms with E-state index in [4.69, 9.17) is 22.4 Å². The van der Waals surface area contributed by atoms with E-state index in [1.807, 2.05) is 0 Å². The third-order valence-corrected chi connectivity index (χ3v) is 24.4. The van der Waals surface area contributed by atoms with Crippen molar-refractivity contribution >= 4 is 155 Å². The summed E-state index contributed by atoms with van der Waals surface area (Å²) in [5.41, 5.74) is 7.86. The van der Waals surface area contributed by atoms with Crippen LogP contribution in [0, 0.1) is 0 Å². The molecule has 136 heavy (non-hydrogen) atoms. The number of carboxylic acid groups (broad SMARTS) is 6. The number of aliphatic hydroxyl groups is 2. The van der Waals surface area contributed by atoms with Crippen LogP contribution in [0.2, 0.25) is 0 Å². The molecule has 6 aromatic rings. The lowest BCUT2D eigenvalue weighted by atomic mass is 9.90. The lowest BCUT2D eigenvalue weighted by molar-refractivity contribution is -0.145. The van der Waals surface area contributed by atoms with E-state index in [9.17, 15) is 104 Å². The summed E-state index contributed by atoms with van der Waals surface area (Å²) < 4.78 is 6.01. The minimum Gasteiger partial charge on any atom is -0.508 e. The lowest BCUT2D eigenvalue weighted by Crippen LogP contribution is -2.62. The predicted molar refractivity (Wildman–Crippen MR) is 501 cm³/mol. The van der Waals surface area contributed by atoms with E-state index in [1.54, 1.807) is 60.8 Å². The number of aliphatic hydroxyl groups excluding tert-OH is 2. The molecule has 46 heteroatoms. The monoisotopic (exact) mass is 1940 g/mol. The molecule has 24 N–H and O–H groups in total. The van der Waals surface area contributed by atoms with Crippen LogP contribution in [0.5, 0.6) is 11.5 Å². The first-order valence-corrected chi connectivity index (χ1v) is 46.0. The zero-order valence-electron chi connectivity index (χ0n) is 73.7. The largest absolute Gasteiger partial charge is 0.508 e. The number of fused-ring (bicyclic) bond motifs is 3. The number of aromatic carboxylic acids is 1. The number of anilines is 1. The number of benzene rings is 6. The number of nitrogens with two attached hydrogens (primary N) is 1. The number of nitrogens with one attached hydrogen (secondary N) is 12. The van der Waals surface area contributed by atoms with Crippen LogP contribution in [0.3, 0.4) is 0 Å². The molecule has 11 atom stereocenters. The van der Waals surface area contributed by atoms with Gasteiger partial charge in [-0.3, -0.25) is 81.8 Å². The molecule has 1 aliphatic carbocycles. The Hall–Kier alpha value is -13.9. The normalized spacial score (nSPS) is 17.6. The average Bonchev–Trinajstić information content (AvgIpc) is 0.800. The first kappa shape index (κ1) is 106. The number of hydrogen-bond donors (Lipinski definition) is 23. The second kappa shape index (κ2) is 51.6. The summed E-state index contributed by atoms with van der Waals surface area (Å²) in [6.45, 7) is -1.90. The van der Waals surface area contributed by atoms with Crippen LogP contribution in [0.1, 0.15) is 79.4 Å². The first-order chi connectivity index (χ1) is 64.8. The van der Waals surface area contributed by atoms with Crippen molar-refractivity contribution in [3.63, 3.8) is 0 Å². The third kappa shape index (κ3) is 32.5. The van der Waals surface area contributed by atoms with Gasteiger partial charge in [0.2, 0.25) is 53.2 Å². The Morgan fingerprint density at radius 1 is 0.559 bits per heavy atom. The summed E-state index contributed by atoms with van der Waals surface area (Å²) in [7, 11) is 1.53. The van der Waals surface area contributed by atoms with Crippen LogP contribution < -0.4 is 69.6 Å². The molecule has 9 amide bonds.